The number of ether oxygens (including phenoxy) is 1. The van der Waals surface area contributed by atoms with Crippen LogP contribution in [0, 0.1) is 6.92 Å². The second-order valence-corrected chi connectivity index (χ2v) is 11.0. The minimum Gasteiger partial charge on any atom is -0.462 e. The van der Waals surface area contributed by atoms with E-state index >= 15 is 0 Å². The molecule has 1 unspecified atom stereocenters. The number of aryl methyl sites for hydroxylation is 1. The number of benzene rings is 2. The minimum atomic E-state index is -3.60. The first kappa shape index (κ1) is 26.4. The Bertz CT molecular complexity index is 1300. The molecule has 0 aliphatic rings. The number of hydrogen-bond donors (Lipinski definition) is 1. The number of nitrogens with zero attached hydrogens (tertiary/aromatic N) is 3. The molecule has 9 nitrogen and oxygen atoms in total. The lowest BCUT2D eigenvalue weighted by molar-refractivity contribution is -0.115. The number of amides is 1. The fraction of sp³-hybridized carbons (Fsp3) is 0.333. The highest BCUT2D eigenvalue weighted by atomic mass is 32.2. The zero-order chi connectivity index (χ0) is 25.6. The van der Waals surface area contributed by atoms with Crippen LogP contribution >= 0.6 is 11.8 Å². The predicted octanol–water partition coefficient (Wildman–Crippen LogP) is 3.78. The quantitative estimate of drug-likeness (QED) is 0.319. The van der Waals surface area contributed by atoms with Crippen molar-refractivity contribution in [3.8, 4) is 0 Å². The molecule has 35 heavy (non-hydrogen) atoms. The van der Waals surface area contributed by atoms with Gasteiger partial charge in [-0.1, -0.05) is 42.4 Å². The molecule has 0 saturated carbocycles. The average Bonchev–Trinajstić information content (AvgIpc) is 3.16. The average molecular weight is 517 g/mol. The highest BCUT2D eigenvalue weighted by Gasteiger charge is 2.24. The number of sulfone groups is 1. The Balaban J connectivity index is 1.70. The first-order chi connectivity index (χ1) is 16.6. The van der Waals surface area contributed by atoms with Gasteiger partial charge in [0.05, 0.1) is 22.3 Å². The molecule has 0 bridgehead atoms. The number of anilines is 1. The largest absolute Gasteiger partial charge is 0.462 e. The van der Waals surface area contributed by atoms with Crippen molar-refractivity contribution in [2.45, 2.75) is 48.2 Å². The van der Waals surface area contributed by atoms with Crippen molar-refractivity contribution in [2.75, 3.05) is 11.9 Å². The van der Waals surface area contributed by atoms with Crippen molar-refractivity contribution < 1.29 is 22.7 Å². The van der Waals surface area contributed by atoms with E-state index in [1.807, 2.05) is 13.8 Å². The second kappa shape index (κ2) is 11.5. The van der Waals surface area contributed by atoms with Gasteiger partial charge in [-0.15, -0.1) is 10.2 Å². The highest BCUT2D eigenvalue weighted by Crippen LogP contribution is 2.26. The van der Waals surface area contributed by atoms with Gasteiger partial charge in [0.25, 0.3) is 0 Å². The van der Waals surface area contributed by atoms with Crippen molar-refractivity contribution in [1.82, 2.24) is 14.8 Å². The fourth-order valence-electron chi connectivity index (χ4n) is 3.18. The van der Waals surface area contributed by atoms with Crippen molar-refractivity contribution in [2.24, 2.45) is 7.05 Å². The smallest absolute Gasteiger partial charge is 0.338 e. The molecule has 11 heteroatoms. The summed E-state index contributed by atoms with van der Waals surface area (Å²) >= 11 is 1.20. The molecular weight excluding hydrogens is 488 g/mol. The maximum atomic E-state index is 12.9. The van der Waals surface area contributed by atoms with Gasteiger partial charge in [-0.05, 0) is 50.6 Å². The molecular formula is C24H28N4O5S2. The number of rotatable bonds is 10. The van der Waals surface area contributed by atoms with Gasteiger partial charge in [0.1, 0.15) is 11.6 Å². The molecule has 186 valence electrons. The van der Waals surface area contributed by atoms with Crippen LogP contribution in [0.4, 0.5) is 5.69 Å². The summed E-state index contributed by atoms with van der Waals surface area (Å²) in [5.74, 6) is -0.748. The summed E-state index contributed by atoms with van der Waals surface area (Å²) in [6.45, 7) is 5.74. The van der Waals surface area contributed by atoms with Gasteiger partial charge >= 0.3 is 5.97 Å². The van der Waals surface area contributed by atoms with E-state index in [4.69, 9.17) is 4.74 Å². The van der Waals surface area contributed by atoms with Gasteiger partial charge in [0, 0.05) is 12.7 Å². The van der Waals surface area contributed by atoms with E-state index in [1.54, 1.807) is 67.1 Å². The van der Waals surface area contributed by atoms with Gasteiger partial charge in [0.2, 0.25) is 5.91 Å². The van der Waals surface area contributed by atoms with Crippen LogP contribution in [-0.4, -0.2) is 46.9 Å². The van der Waals surface area contributed by atoms with Crippen LogP contribution in [0.1, 0.15) is 42.0 Å². The molecule has 1 aromatic heterocycles. The van der Waals surface area contributed by atoms with E-state index in [0.29, 0.717) is 22.8 Å². The maximum Gasteiger partial charge on any atom is 0.338 e. The Kier molecular flexibility index (Phi) is 8.68. The molecule has 0 spiro atoms. The maximum absolute atomic E-state index is 12.9. The van der Waals surface area contributed by atoms with Crippen LogP contribution in [0.25, 0.3) is 0 Å². The minimum absolute atomic E-state index is 0.219. The van der Waals surface area contributed by atoms with Gasteiger partial charge < -0.3 is 14.6 Å². The standard InChI is InChI=1S/C24H28N4O5S2/c1-5-20(22(29)25-18-9-7-8-17(14-18)23(30)33-6-2)34-24-27-26-21(28(24)4)15-35(31,32)19-12-10-16(3)11-13-19/h7-14,20H,5-6,15H2,1-4H3,(H,25,29). The highest BCUT2D eigenvalue weighted by molar-refractivity contribution is 8.00. The first-order valence-electron chi connectivity index (χ1n) is 11.1. The fourth-order valence-corrected chi connectivity index (χ4v) is 5.43. The normalized spacial score (nSPS) is 12.2. The zero-order valence-corrected chi connectivity index (χ0v) is 21.6. The van der Waals surface area contributed by atoms with E-state index in [-0.39, 0.29) is 29.0 Å². The Hall–Kier alpha value is -3.18. The number of hydrogen-bond acceptors (Lipinski definition) is 8. The number of carbonyl (C=O) groups excluding carboxylic acids is 2. The monoisotopic (exact) mass is 516 g/mol. The summed E-state index contributed by atoms with van der Waals surface area (Å²) in [6.07, 6.45) is 0.498. The van der Waals surface area contributed by atoms with E-state index in [1.165, 1.54) is 11.8 Å². The lowest BCUT2D eigenvalue weighted by Gasteiger charge is -2.15. The summed E-state index contributed by atoms with van der Waals surface area (Å²) in [5.41, 5.74) is 1.79. The number of esters is 1. The Morgan fingerprint density at radius 1 is 1.11 bits per heavy atom. The van der Waals surface area contributed by atoms with E-state index in [9.17, 15) is 18.0 Å². The topological polar surface area (TPSA) is 120 Å². The molecule has 1 heterocycles. The third-order valence-corrected chi connectivity index (χ3v) is 8.20. The van der Waals surface area contributed by atoms with E-state index in [2.05, 4.69) is 15.5 Å². The molecule has 0 saturated heterocycles. The van der Waals surface area contributed by atoms with Crippen molar-refractivity contribution >= 4 is 39.2 Å². The van der Waals surface area contributed by atoms with Crippen LogP contribution in [0.5, 0.6) is 0 Å². The van der Waals surface area contributed by atoms with Crippen molar-refractivity contribution in [3.63, 3.8) is 0 Å². The van der Waals surface area contributed by atoms with Gasteiger partial charge in [-0.2, -0.15) is 0 Å². The summed E-state index contributed by atoms with van der Waals surface area (Å²) in [7, 11) is -1.92. The summed E-state index contributed by atoms with van der Waals surface area (Å²) < 4.78 is 32.2. The van der Waals surface area contributed by atoms with Crippen molar-refractivity contribution in [1.29, 1.82) is 0 Å². The number of nitrogens with one attached hydrogen (secondary N) is 1. The van der Waals surface area contributed by atoms with Crippen LogP contribution in [-0.2, 0) is 32.2 Å². The predicted molar refractivity (Wildman–Crippen MR) is 134 cm³/mol. The molecule has 1 N–H and O–H groups in total. The van der Waals surface area contributed by atoms with Crippen molar-refractivity contribution in [3.05, 3.63) is 65.5 Å². The molecule has 1 amide bonds. The van der Waals surface area contributed by atoms with E-state index < -0.39 is 21.1 Å². The third kappa shape index (κ3) is 6.70. The van der Waals surface area contributed by atoms with Crippen LogP contribution in [0.3, 0.4) is 0 Å². The third-order valence-electron chi connectivity index (χ3n) is 5.18. The van der Waals surface area contributed by atoms with Crippen LogP contribution in [0.2, 0.25) is 0 Å². The molecule has 0 aliphatic carbocycles. The van der Waals surface area contributed by atoms with Gasteiger partial charge in [-0.25, -0.2) is 13.2 Å². The summed E-state index contributed by atoms with van der Waals surface area (Å²) in [5, 5.41) is 10.9. The lowest BCUT2D eigenvalue weighted by Crippen LogP contribution is -2.25. The molecule has 0 aliphatic heterocycles. The zero-order valence-electron chi connectivity index (χ0n) is 20.0. The van der Waals surface area contributed by atoms with E-state index in [0.717, 1.165) is 5.56 Å². The summed E-state index contributed by atoms with van der Waals surface area (Å²) in [6, 6.07) is 13.2. The number of aromatic nitrogens is 3. The van der Waals surface area contributed by atoms with Gasteiger partial charge in [0.15, 0.2) is 15.0 Å². The second-order valence-electron chi connectivity index (χ2n) is 7.84. The summed E-state index contributed by atoms with van der Waals surface area (Å²) in [4.78, 5) is 25.1. The SMILES string of the molecule is CCOC(=O)c1cccc(NC(=O)C(CC)Sc2nnc(CS(=O)(=O)c3ccc(C)cc3)n2C)c1. The Morgan fingerprint density at radius 3 is 2.49 bits per heavy atom. The first-order valence-corrected chi connectivity index (χ1v) is 13.6. The molecule has 1 atom stereocenters. The molecule has 2 aromatic carbocycles. The van der Waals surface area contributed by atoms with Gasteiger partial charge in [-0.3, -0.25) is 4.79 Å². The lowest BCUT2D eigenvalue weighted by atomic mass is 10.2. The molecule has 0 fully saturated rings. The Morgan fingerprint density at radius 2 is 1.83 bits per heavy atom. The number of carbonyl (C=O) groups is 2. The van der Waals surface area contributed by atoms with Crippen LogP contribution < -0.4 is 5.32 Å². The molecule has 3 rings (SSSR count). The molecule has 3 aromatic rings. The van der Waals surface area contributed by atoms with Crippen LogP contribution in [0.15, 0.2) is 58.6 Å². The Labute approximate surface area is 209 Å². The number of thioether (sulfide) groups is 1. The molecule has 0 radical (unpaired) electrons.